The highest BCUT2D eigenvalue weighted by atomic mass is 16.5. The van der Waals surface area contributed by atoms with Crippen molar-refractivity contribution in [3.05, 3.63) is 59.8 Å². The number of H-pyrrole nitrogens is 1. The van der Waals surface area contributed by atoms with E-state index in [2.05, 4.69) is 50.9 Å². The molecule has 0 spiro atoms. The van der Waals surface area contributed by atoms with Gasteiger partial charge >= 0.3 is 5.97 Å². The fourth-order valence-electron chi connectivity index (χ4n) is 4.11. The molecule has 1 fully saturated rings. The maximum Gasteiger partial charge on any atom is 0.357 e. The van der Waals surface area contributed by atoms with Crippen LogP contribution in [-0.4, -0.2) is 45.5 Å². The van der Waals surface area contributed by atoms with Crippen molar-refractivity contribution in [2.75, 3.05) is 19.8 Å². The predicted molar refractivity (Wildman–Crippen MR) is 109 cm³/mol. The van der Waals surface area contributed by atoms with E-state index in [0.717, 1.165) is 38.3 Å². The highest BCUT2D eigenvalue weighted by Crippen LogP contribution is 2.38. The van der Waals surface area contributed by atoms with E-state index in [-0.39, 0.29) is 5.41 Å². The van der Waals surface area contributed by atoms with E-state index in [1.165, 1.54) is 11.1 Å². The normalized spacial score (nSPS) is 15.9. The number of rotatable bonds is 6. The Morgan fingerprint density at radius 1 is 1.31 bits per heavy atom. The average Bonchev–Trinajstić information content (AvgIpc) is 3.38. The standard InChI is InChI=1S/C22H26N4O3/c1-3-29-21(27)20-18(12-24-25-20)19-13-23-15-26(19)14-22(7-9-28-10-8-22)17-6-4-5-16(2)11-17/h4-6,11-13,15H,3,7-10,14H2,1-2H3,(H,24,25). The van der Waals surface area contributed by atoms with Gasteiger partial charge in [0.2, 0.25) is 0 Å². The summed E-state index contributed by atoms with van der Waals surface area (Å²) in [5.74, 6) is -0.410. The number of nitrogens with one attached hydrogen (secondary N) is 1. The molecule has 0 bridgehead atoms. The first-order valence-electron chi connectivity index (χ1n) is 9.99. The van der Waals surface area contributed by atoms with Crippen molar-refractivity contribution in [3.63, 3.8) is 0 Å². The maximum atomic E-state index is 12.3. The SMILES string of the molecule is CCOC(=O)c1[nH]ncc1-c1cncn1CC1(c2cccc(C)c2)CCOCC1. The van der Waals surface area contributed by atoms with E-state index in [1.807, 2.05) is 6.33 Å². The Morgan fingerprint density at radius 3 is 2.90 bits per heavy atom. The number of esters is 1. The lowest BCUT2D eigenvalue weighted by atomic mass is 9.73. The van der Waals surface area contributed by atoms with Gasteiger partial charge in [-0.25, -0.2) is 9.78 Å². The van der Waals surface area contributed by atoms with Crippen LogP contribution in [0, 0.1) is 6.92 Å². The predicted octanol–water partition coefficient (Wildman–Crippen LogP) is 3.51. The summed E-state index contributed by atoms with van der Waals surface area (Å²) < 4.78 is 12.9. The van der Waals surface area contributed by atoms with Crippen molar-refractivity contribution in [3.8, 4) is 11.3 Å². The molecule has 0 aliphatic carbocycles. The van der Waals surface area contributed by atoms with Crippen LogP contribution in [0.3, 0.4) is 0 Å². The Kier molecular flexibility index (Phi) is 5.49. The molecule has 7 heteroatoms. The summed E-state index contributed by atoms with van der Waals surface area (Å²) in [5.41, 5.74) is 4.42. The zero-order valence-corrected chi connectivity index (χ0v) is 16.9. The zero-order valence-electron chi connectivity index (χ0n) is 16.9. The van der Waals surface area contributed by atoms with E-state index in [9.17, 15) is 4.79 Å². The van der Waals surface area contributed by atoms with Gasteiger partial charge in [0, 0.05) is 25.2 Å². The molecule has 2 aromatic heterocycles. The van der Waals surface area contributed by atoms with Crippen molar-refractivity contribution in [2.24, 2.45) is 0 Å². The van der Waals surface area contributed by atoms with E-state index in [4.69, 9.17) is 9.47 Å². The van der Waals surface area contributed by atoms with Crippen LogP contribution in [0.15, 0.2) is 43.0 Å². The Balaban J connectivity index is 1.71. The third-order valence-electron chi connectivity index (χ3n) is 5.66. The molecule has 0 atom stereocenters. The summed E-state index contributed by atoms with van der Waals surface area (Å²) in [6.45, 7) is 6.44. The Morgan fingerprint density at radius 2 is 2.14 bits per heavy atom. The van der Waals surface area contributed by atoms with Crippen LogP contribution in [0.4, 0.5) is 0 Å². The molecule has 4 rings (SSSR count). The highest BCUT2D eigenvalue weighted by molar-refractivity contribution is 5.94. The molecule has 1 N–H and O–H groups in total. The molecule has 1 aromatic carbocycles. The van der Waals surface area contributed by atoms with Gasteiger partial charge in [0.05, 0.1) is 36.6 Å². The van der Waals surface area contributed by atoms with Gasteiger partial charge in [-0.3, -0.25) is 5.10 Å². The Bertz CT molecular complexity index is 985. The monoisotopic (exact) mass is 394 g/mol. The number of imidazole rings is 1. The van der Waals surface area contributed by atoms with Crippen LogP contribution in [0.2, 0.25) is 0 Å². The van der Waals surface area contributed by atoms with Gasteiger partial charge in [0.25, 0.3) is 0 Å². The first kappa shape index (κ1) is 19.4. The number of benzene rings is 1. The van der Waals surface area contributed by atoms with Crippen LogP contribution in [0.5, 0.6) is 0 Å². The van der Waals surface area contributed by atoms with Crippen LogP contribution in [0.1, 0.15) is 41.4 Å². The van der Waals surface area contributed by atoms with Crippen LogP contribution < -0.4 is 0 Å². The molecule has 0 amide bonds. The largest absolute Gasteiger partial charge is 0.461 e. The van der Waals surface area contributed by atoms with E-state index < -0.39 is 5.97 Å². The molecule has 7 nitrogen and oxygen atoms in total. The first-order valence-corrected chi connectivity index (χ1v) is 9.99. The molecule has 3 heterocycles. The van der Waals surface area contributed by atoms with Crippen molar-refractivity contribution in [1.29, 1.82) is 0 Å². The number of carbonyl (C=O) groups is 1. The lowest BCUT2D eigenvalue weighted by molar-refractivity contribution is 0.0436. The number of nitrogens with zero attached hydrogens (tertiary/aromatic N) is 3. The molecular formula is C22H26N4O3. The van der Waals surface area contributed by atoms with E-state index >= 15 is 0 Å². The average molecular weight is 394 g/mol. The third-order valence-corrected chi connectivity index (χ3v) is 5.66. The molecule has 1 aliphatic heterocycles. The van der Waals surface area contributed by atoms with Gasteiger partial charge < -0.3 is 14.0 Å². The number of hydrogen-bond acceptors (Lipinski definition) is 5. The molecular weight excluding hydrogens is 368 g/mol. The summed E-state index contributed by atoms with van der Waals surface area (Å²) in [6.07, 6.45) is 7.12. The molecule has 3 aromatic rings. The molecule has 1 saturated heterocycles. The van der Waals surface area contributed by atoms with Gasteiger partial charge in [-0.1, -0.05) is 29.8 Å². The van der Waals surface area contributed by atoms with E-state index in [1.54, 1.807) is 19.3 Å². The minimum absolute atomic E-state index is 0.0481. The third kappa shape index (κ3) is 3.82. The van der Waals surface area contributed by atoms with Crippen molar-refractivity contribution < 1.29 is 14.3 Å². The first-order chi connectivity index (χ1) is 14.1. The minimum atomic E-state index is -0.410. The number of ether oxygens (including phenoxy) is 2. The second-order valence-electron chi connectivity index (χ2n) is 7.55. The number of aromatic nitrogens is 4. The fraction of sp³-hybridized carbons (Fsp3) is 0.409. The number of carbonyl (C=O) groups excluding carboxylic acids is 1. The van der Waals surface area contributed by atoms with Crippen molar-refractivity contribution in [1.82, 2.24) is 19.7 Å². The number of aryl methyl sites for hydroxylation is 1. The molecule has 29 heavy (non-hydrogen) atoms. The van der Waals surface area contributed by atoms with Crippen LogP contribution in [0.25, 0.3) is 11.3 Å². The van der Waals surface area contributed by atoms with Gasteiger partial charge in [-0.05, 0) is 32.3 Å². The zero-order chi connectivity index (χ0) is 20.3. The molecule has 0 unspecified atom stereocenters. The summed E-state index contributed by atoms with van der Waals surface area (Å²) in [4.78, 5) is 16.7. The summed E-state index contributed by atoms with van der Waals surface area (Å²) in [5, 5.41) is 6.84. The van der Waals surface area contributed by atoms with Crippen LogP contribution in [-0.2, 0) is 21.4 Å². The summed E-state index contributed by atoms with van der Waals surface area (Å²) >= 11 is 0. The topological polar surface area (TPSA) is 82.0 Å². The summed E-state index contributed by atoms with van der Waals surface area (Å²) in [7, 11) is 0. The lowest BCUT2D eigenvalue weighted by Crippen LogP contribution is -2.38. The smallest absolute Gasteiger partial charge is 0.357 e. The van der Waals surface area contributed by atoms with Crippen molar-refractivity contribution in [2.45, 2.75) is 38.6 Å². The van der Waals surface area contributed by atoms with Gasteiger partial charge in [0.1, 0.15) is 0 Å². The molecule has 0 saturated carbocycles. The van der Waals surface area contributed by atoms with Gasteiger partial charge in [0.15, 0.2) is 5.69 Å². The lowest BCUT2D eigenvalue weighted by Gasteiger charge is -2.38. The number of aromatic amines is 1. The second kappa shape index (κ2) is 8.21. The fourth-order valence-corrected chi connectivity index (χ4v) is 4.11. The Hall–Kier alpha value is -2.93. The second-order valence-corrected chi connectivity index (χ2v) is 7.55. The van der Waals surface area contributed by atoms with E-state index in [0.29, 0.717) is 17.9 Å². The van der Waals surface area contributed by atoms with Gasteiger partial charge in [-0.2, -0.15) is 5.10 Å². The number of hydrogen-bond donors (Lipinski definition) is 1. The van der Waals surface area contributed by atoms with Gasteiger partial charge in [-0.15, -0.1) is 0 Å². The van der Waals surface area contributed by atoms with Crippen molar-refractivity contribution >= 4 is 5.97 Å². The molecule has 0 radical (unpaired) electrons. The maximum absolute atomic E-state index is 12.3. The Labute approximate surface area is 170 Å². The molecule has 1 aliphatic rings. The van der Waals surface area contributed by atoms with Crippen LogP contribution >= 0.6 is 0 Å². The summed E-state index contributed by atoms with van der Waals surface area (Å²) in [6, 6.07) is 8.71. The minimum Gasteiger partial charge on any atom is -0.461 e. The highest BCUT2D eigenvalue weighted by Gasteiger charge is 2.36. The quantitative estimate of drug-likeness (QED) is 0.647. The molecule has 152 valence electrons.